The van der Waals surface area contributed by atoms with Crippen LogP contribution in [0.25, 0.3) is 0 Å². The Morgan fingerprint density at radius 2 is 2.11 bits per heavy atom. The van der Waals surface area contributed by atoms with Crippen LogP contribution in [0.15, 0.2) is 24.3 Å². The number of nitrogens with one attached hydrogen (secondary N) is 1. The number of hydrogen-bond donors (Lipinski definition) is 1. The Hall–Kier alpha value is -0.780. The fourth-order valence-corrected chi connectivity index (χ4v) is 2.94. The Kier molecular flexibility index (Phi) is 4.48. The zero-order valence-corrected chi connectivity index (χ0v) is 11.7. The highest BCUT2D eigenvalue weighted by Gasteiger charge is 2.17. The van der Waals surface area contributed by atoms with Crippen LogP contribution in [0, 0.1) is 0 Å². The molecule has 1 heterocycles. The van der Waals surface area contributed by atoms with Gasteiger partial charge in [0.1, 0.15) is 5.21 Å². The van der Waals surface area contributed by atoms with Crippen molar-refractivity contribution in [3.63, 3.8) is 0 Å². The van der Waals surface area contributed by atoms with Crippen molar-refractivity contribution in [1.29, 1.82) is 0 Å². The smallest absolute Gasteiger partial charge is 0.225 e. The van der Waals surface area contributed by atoms with Crippen LogP contribution in [-0.2, 0) is 16.4 Å². The van der Waals surface area contributed by atoms with Crippen LogP contribution in [0.5, 0.6) is 0 Å². The molecule has 1 aliphatic heterocycles. The molecule has 1 aromatic carbocycles. The molecule has 0 aliphatic carbocycles. The summed E-state index contributed by atoms with van der Waals surface area (Å²) in [5.41, 5.74) is 2.65. The lowest BCUT2D eigenvalue weighted by Crippen LogP contribution is -2.29. The van der Waals surface area contributed by atoms with Crippen LogP contribution in [-0.4, -0.2) is 33.3 Å². The fourth-order valence-electron chi connectivity index (χ4n) is 2.18. The van der Waals surface area contributed by atoms with E-state index in [-0.39, 0.29) is 5.21 Å². The SMILES string of the molecule is O=S(=O)(CCl)NCCCN1CCc2ccccc21. The molecule has 0 unspecified atom stereocenters. The molecule has 1 N–H and O–H groups in total. The molecule has 100 valence electrons. The van der Waals surface area contributed by atoms with Gasteiger partial charge in [0.15, 0.2) is 0 Å². The molecular weight excluding hydrogens is 272 g/mol. The maximum atomic E-state index is 11.1. The van der Waals surface area contributed by atoms with Crippen molar-refractivity contribution >= 4 is 27.3 Å². The average Bonchev–Trinajstić information content (AvgIpc) is 2.78. The van der Waals surface area contributed by atoms with E-state index in [9.17, 15) is 8.42 Å². The third-order valence-corrected chi connectivity index (χ3v) is 4.85. The molecule has 0 aromatic heterocycles. The highest BCUT2D eigenvalue weighted by atomic mass is 35.5. The molecule has 0 atom stereocenters. The molecular formula is C12H17ClN2O2S. The highest BCUT2D eigenvalue weighted by molar-refractivity contribution is 7.90. The largest absolute Gasteiger partial charge is 0.371 e. The number of nitrogens with zero attached hydrogens (tertiary/aromatic N) is 1. The van der Waals surface area contributed by atoms with Gasteiger partial charge >= 0.3 is 0 Å². The summed E-state index contributed by atoms with van der Waals surface area (Å²) in [4.78, 5) is 2.30. The number of benzene rings is 1. The van der Waals surface area contributed by atoms with Crippen LogP contribution in [0.3, 0.4) is 0 Å². The summed E-state index contributed by atoms with van der Waals surface area (Å²) in [5, 5.41) is -0.375. The molecule has 18 heavy (non-hydrogen) atoms. The van der Waals surface area contributed by atoms with Gasteiger partial charge in [-0.15, -0.1) is 11.6 Å². The van der Waals surface area contributed by atoms with Gasteiger partial charge < -0.3 is 4.90 Å². The third kappa shape index (κ3) is 3.37. The van der Waals surface area contributed by atoms with E-state index in [1.165, 1.54) is 11.3 Å². The first kappa shape index (κ1) is 13.6. The lowest BCUT2D eigenvalue weighted by molar-refractivity contribution is 0.583. The summed E-state index contributed by atoms with van der Waals surface area (Å²) < 4.78 is 24.7. The number of halogens is 1. The van der Waals surface area contributed by atoms with E-state index in [4.69, 9.17) is 11.6 Å². The molecule has 0 saturated carbocycles. The van der Waals surface area contributed by atoms with E-state index in [1.807, 2.05) is 6.07 Å². The van der Waals surface area contributed by atoms with Crippen molar-refractivity contribution in [3.8, 4) is 0 Å². The number of alkyl halides is 1. The summed E-state index contributed by atoms with van der Waals surface area (Å²) in [6, 6.07) is 8.35. The summed E-state index contributed by atoms with van der Waals surface area (Å²) in [6.45, 7) is 2.32. The quantitative estimate of drug-likeness (QED) is 0.638. The highest BCUT2D eigenvalue weighted by Crippen LogP contribution is 2.27. The van der Waals surface area contributed by atoms with Crippen LogP contribution in [0.4, 0.5) is 5.69 Å². The third-order valence-electron chi connectivity index (χ3n) is 3.05. The van der Waals surface area contributed by atoms with Crippen molar-refractivity contribution in [3.05, 3.63) is 29.8 Å². The van der Waals surface area contributed by atoms with Crippen LogP contribution in [0.2, 0.25) is 0 Å². The van der Waals surface area contributed by atoms with Crippen LogP contribution in [0.1, 0.15) is 12.0 Å². The monoisotopic (exact) mass is 288 g/mol. The van der Waals surface area contributed by atoms with Gasteiger partial charge in [-0.05, 0) is 24.5 Å². The molecule has 2 rings (SSSR count). The second kappa shape index (κ2) is 5.91. The number of hydrogen-bond acceptors (Lipinski definition) is 3. The number of sulfonamides is 1. The van der Waals surface area contributed by atoms with Gasteiger partial charge in [-0.3, -0.25) is 0 Å². The van der Waals surface area contributed by atoms with Crippen LogP contribution < -0.4 is 9.62 Å². The summed E-state index contributed by atoms with van der Waals surface area (Å²) >= 11 is 5.31. The molecule has 0 spiro atoms. The van der Waals surface area contributed by atoms with E-state index >= 15 is 0 Å². The Balaban J connectivity index is 1.79. The molecule has 6 heteroatoms. The molecule has 0 saturated heterocycles. The lowest BCUT2D eigenvalue weighted by atomic mass is 10.2. The normalized spacial score (nSPS) is 14.8. The standard InChI is InChI=1S/C12H17ClN2O2S/c13-10-18(16,17)14-7-3-8-15-9-6-11-4-1-2-5-12(11)15/h1-2,4-5,14H,3,6-10H2. The Bertz CT molecular complexity index is 505. The molecule has 0 radical (unpaired) electrons. The minimum atomic E-state index is -3.28. The minimum absolute atomic E-state index is 0.375. The lowest BCUT2D eigenvalue weighted by Gasteiger charge is -2.19. The molecule has 1 aliphatic rings. The van der Waals surface area contributed by atoms with Gasteiger partial charge in [0, 0.05) is 25.3 Å². The van der Waals surface area contributed by atoms with Crippen molar-refractivity contribution < 1.29 is 8.42 Å². The topological polar surface area (TPSA) is 49.4 Å². The van der Waals surface area contributed by atoms with E-state index in [0.717, 1.165) is 25.9 Å². The van der Waals surface area contributed by atoms with E-state index in [2.05, 4.69) is 27.8 Å². The Labute approximate surface area is 113 Å². The van der Waals surface area contributed by atoms with Gasteiger partial charge in [0.25, 0.3) is 0 Å². The zero-order valence-electron chi connectivity index (χ0n) is 10.1. The van der Waals surface area contributed by atoms with Gasteiger partial charge in [-0.1, -0.05) is 18.2 Å². The fraction of sp³-hybridized carbons (Fsp3) is 0.500. The number of anilines is 1. The van der Waals surface area contributed by atoms with Crippen molar-refractivity contribution in [1.82, 2.24) is 4.72 Å². The first-order chi connectivity index (χ1) is 8.62. The predicted octanol–water partition coefficient (Wildman–Crippen LogP) is 1.55. The maximum Gasteiger partial charge on any atom is 0.225 e. The summed E-state index contributed by atoms with van der Waals surface area (Å²) in [5.74, 6) is 0. The Morgan fingerprint density at radius 3 is 2.89 bits per heavy atom. The first-order valence-electron chi connectivity index (χ1n) is 5.98. The van der Waals surface area contributed by atoms with Gasteiger partial charge in [0.2, 0.25) is 10.0 Å². The van der Waals surface area contributed by atoms with Crippen molar-refractivity contribution in [2.24, 2.45) is 0 Å². The van der Waals surface area contributed by atoms with Crippen LogP contribution >= 0.6 is 11.6 Å². The number of fused-ring (bicyclic) bond motifs is 1. The zero-order chi connectivity index (χ0) is 13.0. The van der Waals surface area contributed by atoms with Crippen molar-refractivity contribution in [2.75, 3.05) is 29.7 Å². The number of rotatable bonds is 6. The second-order valence-electron chi connectivity index (χ2n) is 4.34. The van der Waals surface area contributed by atoms with E-state index in [1.54, 1.807) is 0 Å². The Morgan fingerprint density at radius 1 is 1.33 bits per heavy atom. The number of para-hydroxylation sites is 1. The molecule has 1 aromatic rings. The van der Waals surface area contributed by atoms with Crippen molar-refractivity contribution in [2.45, 2.75) is 12.8 Å². The van der Waals surface area contributed by atoms with E-state index in [0.29, 0.717) is 6.54 Å². The average molecular weight is 289 g/mol. The van der Waals surface area contributed by atoms with Gasteiger partial charge in [-0.2, -0.15) is 0 Å². The minimum Gasteiger partial charge on any atom is -0.371 e. The molecule has 0 fully saturated rings. The summed E-state index contributed by atoms with van der Waals surface area (Å²) in [7, 11) is -3.28. The van der Waals surface area contributed by atoms with Gasteiger partial charge in [0.05, 0.1) is 0 Å². The molecule has 0 amide bonds. The second-order valence-corrected chi connectivity index (χ2v) is 6.73. The summed E-state index contributed by atoms with van der Waals surface area (Å²) in [6.07, 6.45) is 1.86. The molecule has 0 bridgehead atoms. The maximum absolute atomic E-state index is 11.1. The van der Waals surface area contributed by atoms with E-state index < -0.39 is 10.0 Å². The molecule has 4 nitrogen and oxygen atoms in total. The predicted molar refractivity (Wildman–Crippen MR) is 74.6 cm³/mol. The first-order valence-corrected chi connectivity index (χ1v) is 8.17. The van der Waals surface area contributed by atoms with Gasteiger partial charge in [-0.25, -0.2) is 13.1 Å².